The Balaban J connectivity index is 0.00000121. The summed E-state index contributed by atoms with van der Waals surface area (Å²) in [6.07, 6.45) is 0. The molecule has 12 heavy (non-hydrogen) atoms. The molecule has 0 spiro atoms. The van der Waals surface area contributed by atoms with E-state index in [1.165, 1.54) is 0 Å². The second kappa shape index (κ2) is 5.60. The maximum absolute atomic E-state index is 9.33. The van der Waals surface area contributed by atoms with Gasteiger partial charge in [0.05, 0.1) is 0 Å². The Labute approximate surface area is 95.5 Å². The zero-order valence-electron chi connectivity index (χ0n) is 6.91. The van der Waals surface area contributed by atoms with Gasteiger partial charge >= 0.3 is 29.6 Å². The van der Waals surface area contributed by atoms with Crippen molar-refractivity contribution in [2.75, 3.05) is 14.1 Å². The summed E-state index contributed by atoms with van der Waals surface area (Å²) >= 11 is 0. The number of phenolic OH excluding ortho intramolecular Hbond substituents is 1. The fraction of sp³-hybridized carbons (Fsp3) is 0.333. The van der Waals surface area contributed by atoms with Crippen LogP contribution in [0.15, 0.2) is 24.3 Å². The molecular weight excluding hydrogens is 161 g/mol. The summed E-state index contributed by atoms with van der Waals surface area (Å²) in [6, 6.07) is 7.39. The minimum atomic E-state index is 0. The van der Waals surface area contributed by atoms with Crippen molar-refractivity contribution in [3.8, 4) is 5.75 Å². The third-order valence-electron chi connectivity index (χ3n) is 1.48. The number of benzene rings is 1. The number of rotatable bonds is 2. The molecule has 0 aliphatic carbocycles. The van der Waals surface area contributed by atoms with Gasteiger partial charge in [-0.05, 0) is 20.2 Å². The summed E-state index contributed by atoms with van der Waals surface area (Å²) < 4.78 is 0. The van der Waals surface area contributed by atoms with Crippen molar-refractivity contribution < 1.29 is 5.11 Å². The molecule has 0 saturated carbocycles. The van der Waals surface area contributed by atoms with Crippen molar-refractivity contribution in [3.63, 3.8) is 0 Å². The summed E-state index contributed by atoms with van der Waals surface area (Å²) in [5.74, 6) is 0.376. The first-order valence-corrected chi connectivity index (χ1v) is 3.62. The maximum atomic E-state index is 9.33. The van der Waals surface area contributed by atoms with Crippen LogP contribution in [0, 0.1) is 0 Å². The Bertz CT molecular complexity index is 238. The van der Waals surface area contributed by atoms with Gasteiger partial charge in [-0.1, -0.05) is 18.2 Å². The van der Waals surface area contributed by atoms with Gasteiger partial charge in [0, 0.05) is 12.1 Å². The van der Waals surface area contributed by atoms with Crippen LogP contribution in [0.2, 0.25) is 0 Å². The molecular formula is C9H14NNaO. The van der Waals surface area contributed by atoms with Crippen molar-refractivity contribution in [3.05, 3.63) is 29.8 Å². The van der Waals surface area contributed by atoms with Crippen molar-refractivity contribution >= 4 is 29.6 Å². The van der Waals surface area contributed by atoms with Gasteiger partial charge in [-0.2, -0.15) is 0 Å². The zero-order valence-corrected chi connectivity index (χ0v) is 6.91. The third kappa shape index (κ3) is 3.59. The van der Waals surface area contributed by atoms with Crippen molar-refractivity contribution in [2.24, 2.45) is 0 Å². The first-order chi connectivity index (χ1) is 5.20. The summed E-state index contributed by atoms with van der Waals surface area (Å²) in [6.45, 7) is 0.784. The Kier molecular flexibility index (Phi) is 5.59. The van der Waals surface area contributed by atoms with E-state index in [-0.39, 0.29) is 29.6 Å². The summed E-state index contributed by atoms with van der Waals surface area (Å²) in [5, 5.41) is 9.33. The molecule has 2 nitrogen and oxygen atoms in total. The molecule has 0 saturated heterocycles. The van der Waals surface area contributed by atoms with E-state index in [1.807, 2.05) is 37.2 Å². The molecule has 0 aliphatic heterocycles. The van der Waals surface area contributed by atoms with Crippen molar-refractivity contribution in [1.82, 2.24) is 4.90 Å². The number of hydrogen-bond acceptors (Lipinski definition) is 2. The molecule has 0 radical (unpaired) electrons. The number of aromatic hydroxyl groups is 1. The Hall–Kier alpha value is -0.0200. The SMILES string of the molecule is CN(C)Cc1ccccc1O.[NaH]. The zero-order chi connectivity index (χ0) is 8.27. The van der Waals surface area contributed by atoms with Crippen LogP contribution in [0.4, 0.5) is 0 Å². The standard InChI is InChI=1S/C9H13NO.Na.H/c1-10(2)7-8-5-3-4-6-9(8)11;;/h3-6,11H,7H2,1-2H3;;. The van der Waals surface area contributed by atoms with E-state index < -0.39 is 0 Å². The van der Waals surface area contributed by atoms with Gasteiger partial charge in [-0.15, -0.1) is 0 Å². The molecule has 0 fully saturated rings. The molecule has 62 valence electrons. The fourth-order valence-corrected chi connectivity index (χ4v) is 0.985. The van der Waals surface area contributed by atoms with E-state index in [9.17, 15) is 5.11 Å². The topological polar surface area (TPSA) is 23.5 Å². The van der Waals surface area contributed by atoms with E-state index in [2.05, 4.69) is 0 Å². The molecule has 0 amide bonds. The van der Waals surface area contributed by atoms with Crippen LogP contribution in [0.5, 0.6) is 5.75 Å². The number of nitrogens with zero attached hydrogens (tertiary/aromatic N) is 1. The number of phenols is 1. The van der Waals surface area contributed by atoms with Gasteiger partial charge in [-0.3, -0.25) is 0 Å². The van der Waals surface area contributed by atoms with E-state index in [4.69, 9.17) is 0 Å². The first kappa shape index (κ1) is 12.0. The molecule has 0 bridgehead atoms. The first-order valence-electron chi connectivity index (χ1n) is 3.62. The molecule has 0 heterocycles. The van der Waals surface area contributed by atoms with Crippen LogP contribution >= 0.6 is 0 Å². The van der Waals surface area contributed by atoms with Gasteiger partial charge in [0.25, 0.3) is 0 Å². The van der Waals surface area contributed by atoms with Gasteiger partial charge in [0.1, 0.15) is 5.75 Å². The van der Waals surface area contributed by atoms with Crippen molar-refractivity contribution in [2.45, 2.75) is 6.54 Å². The minimum absolute atomic E-state index is 0. The molecule has 1 aromatic carbocycles. The van der Waals surface area contributed by atoms with Gasteiger partial charge in [-0.25, -0.2) is 0 Å². The predicted octanol–water partition coefficient (Wildman–Crippen LogP) is 0.805. The van der Waals surface area contributed by atoms with E-state index in [0.29, 0.717) is 5.75 Å². The molecule has 1 rings (SSSR count). The fourth-order valence-electron chi connectivity index (χ4n) is 0.985. The average Bonchev–Trinajstić information content (AvgIpc) is 1.93. The summed E-state index contributed by atoms with van der Waals surface area (Å²) in [5.41, 5.74) is 0.970. The van der Waals surface area contributed by atoms with Gasteiger partial charge in [0.15, 0.2) is 0 Å². The Morgan fingerprint density at radius 1 is 1.25 bits per heavy atom. The summed E-state index contributed by atoms with van der Waals surface area (Å²) in [4.78, 5) is 2.02. The molecule has 3 heteroatoms. The normalized spacial score (nSPS) is 9.58. The van der Waals surface area contributed by atoms with Gasteiger partial charge < -0.3 is 10.0 Å². The second-order valence-electron chi connectivity index (χ2n) is 2.87. The van der Waals surface area contributed by atoms with Crippen LogP contribution in [-0.2, 0) is 6.54 Å². The van der Waals surface area contributed by atoms with Crippen LogP contribution in [0.3, 0.4) is 0 Å². The molecule has 0 atom stereocenters. The van der Waals surface area contributed by atoms with Crippen LogP contribution in [0.25, 0.3) is 0 Å². The molecule has 0 unspecified atom stereocenters. The molecule has 0 aromatic heterocycles. The van der Waals surface area contributed by atoms with E-state index in [1.54, 1.807) is 6.07 Å². The van der Waals surface area contributed by atoms with Crippen molar-refractivity contribution in [1.29, 1.82) is 0 Å². The van der Waals surface area contributed by atoms with Crippen LogP contribution in [-0.4, -0.2) is 53.7 Å². The third-order valence-corrected chi connectivity index (χ3v) is 1.48. The van der Waals surface area contributed by atoms with Crippen LogP contribution in [0.1, 0.15) is 5.56 Å². The van der Waals surface area contributed by atoms with Gasteiger partial charge in [0.2, 0.25) is 0 Å². The quantitative estimate of drug-likeness (QED) is 0.672. The van der Waals surface area contributed by atoms with E-state index in [0.717, 1.165) is 12.1 Å². The predicted molar refractivity (Wildman–Crippen MR) is 52.6 cm³/mol. The second-order valence-corrected chi connectivity index (χ2v) is 2.87. The summed E-state index contributed by atoms with van der Waals surface area (Å²) in [7, 11) is 3.96. The Morgan fingerprint density at radius 3 is 2.33 bits per heavy atom. The molecule has 1 N–H and O–H groups in total. The number of hydrogen-bond donors (Lipinski definition) is 1. The number of para-hydroxylation sites is 1. The Morgan fingerprint density at radius 2 is 1.83 bits per heavy atom. The molecule has 1 aromatic rings. The van der Waals surface area contributed by atoms with E-state index >= 15 is 0 Å². The molecule has 0 aliphatic rings. The van der Waals surface area contributed by atoms with Crippen LogP contribution < -0.4 is 0 Å². The monoisotopic (exact) mass is 175 g/mol. The average molecular weight is 175 g/mol.